The van der Waals surface area contributed by atoms with E-state index in [4.69, 9.17) is 4.74 Å². The Morgan fingerprint density at radius 1 is 1.23 bits per heavy atom. The number of aromatic nitrogens is 2. The van der Waals surface area contributed by atoms with Crippen LogP contribution in [0.5, 0.6) is 5.75 Å². The molecule has 0 aliphatic carbocycles. The zero-order chi connectivity index (χ0) is 19.3. The third-order valence-corrected chi connectivity index (χ3v) is 3.70. The summed E-state index contributed by atoms with van der Waals surface area (Å²) in [5.74, 6) is 0.463. The van der Waals surface area contributed by atoms with Gasteiger partial charge in [0.15, 0.2) is 5.82 Å². The second-order valence-corrected chi connectivity index (χ2v) is 5.61. The van der Waals surface area contributed by atoms with Gasteiger partial charge in [-0.3, -0.25) is 0 Å². The first-order valence-electron chi connectivity index (χ1n) is 7.68. The van der Waals surface area contributed by atoms with E-state index in [1.54, 1.807) is 13.8 Å². The number of ether oxygens (including phenoxy) is 1. The van der Waals surface area contributed by atoms with Crippen LogP contribution in [0.25, 0.3) is 0 Å². The third kappa shape index (κ3) is 4.83. The molecule has 0 fully saturated rings. The van der Waals surface area contributed by atoms with Crippen LogP contribution in [-0.4, -0.2) is 34.6 Å². The maximum Gasteiger partial charge on any atom is 0.416 e. The summed E-state index contributed by atoms with van der Waals surface area (Å²) in [6, 6.07) is 6.22. The molecule has 1 heterocycles. The monoisotopic (exact) mass is 366 g/mol. The van der Waals surface area contributed by atoms with Crippen LogP contribution in [0.3, 0.4) is 0 Å². The number of hydrogen-bond donors (Lipinski definition) is 2. The minimum Gasteiger partial charge on any atom is -0.491 e. The standard InChI is InChI=1S/C17H17F3N4O2/c1-10-11(2)23-24-16(15(10)7-21)22-8-13(25)9-26-14-5-3-12(4-6-14)17(18,19)20/h3-6,13,25H,8-9H2,1-2H3,(H,22,24). The molecule has 0 amide bonds. The molecular formula is C17H17F3N4O2. The maximum atomic E-state index is 12.5. The van der Waals surface area contributed by atoms with Gasteiger partial charge in [0, 0.05) is 6.54 Å². The largest absolute Gasteiger partial charge is 0.491 e. The van der Waals surface area contributed by atoms with Gasteiger partial charge in [-0.25, -0.2) is 0 Å². The zero-order valence-corrected chi connectivity index (χ0v) is 14.1. The molecule has 0 radical (unpaired) electrons. The van der Waals surface area contributed by atoms with Crippen molar-refractivity contribution < 1.29 is 23.0 Å². The first-order chi connectivity index (χ1) is 12.2. The van der Waals surface area contributed by atoms with Gasteiger partial charge in [0.2, 0.25) is 0 Å². The normalized spacial score (nSPS) is 12.3. The Bertz CT molecular complexity index is 801. The zero-order valence-electron chi connectivity index (χ0n) is 14.1. The topological polar surface area (TPSA) is 91.1 Å². The number of benzene rings is 1. The van der Waals surface area contributed by atoms with Crippen molar-refractivity contribution in [2.24, 2.45) is 0 Å². The van der Waals surface area contributed by atoms with Gasteiger partial charge in [-0.15, -0.1) is 5.10 Å². The van der Waals surface area contributed by atoms with Crippen molar-refractivity contribution in [3.63, 3.8) is 0 Å². The fourth-order valence-electron chi connectivity index (χ4n) is 2.08. The summed E-state index contributed by atoms with van der Waals surface area (Å²) < 4.78 is 42.7. The molecule has 2 rings (SSSR count). The maximum absolute atomic E-state index is 12.5. The first-order valence-corrected chi connectivity index (χ1v) is 7.68. The van der Waals surface area contributed by atoms with Crippen molar-refractivity contribution >= 4 is 5.82 Å². The molecule has 6 nitrogen and oxygen atoms in total. The summed E-state index contributed by atoms with van der Waals surface area (Å²) in [6.45, 7) is 3.38. The van der Waals surface area contributed by atoms with E-state index in [1.807, 2.05) is 6.07 Å². The van der Waals surface area contributed by atoms with Crippen molar-refractivity contribution in [1.29, 1.82) is 5.26 Å². The first kappa shape index (κ1) is 19.5. The number of nitrogens with zero attached hydrogens (tertiary/aromatic N) is 3. The quantitative estimate of drug-likeness (QED) is 0.817. The van der Waals surface area contributed by atoms with Crippen molar-refractivity contribution in [1.82, 2.24) is 10.2 Å². The van der Waals surface area contributed by atoms with E-state index < -0.39 is 17.8 Å². The summed E-state index contributed by atoms with van der Waals surface area (Å²) in [7, 11) is 0. The Kier molecular flexibility index (Phi) is 6.00. The van der Waals surface area contributed by atoms with Crippen LogP contribution in [0.4, 0.5) is 19.0 Å². The molecule has 0 bridgehead atoms. The van der Waals surface area contributed by atoms with Crippen LogP contribution >= 0.6 is 0 Å². The molecule has 0 spiro atoms. The number of halogens is 3. The average molecular weight is 366 g/mol. The minimum atomic E-state index is -4.41. The number of rotatable bonds is 6. The lowest BCUT2D eigenvalue weighted by atomic mass is 10.1. The molecule has 0 aliphatic heterocycles. The van der Waals surface area contributed by atoms with Crippen LogP contribution in [-0.2, 0) is 6.18 Å². The second kappa shape index (κ2) is 8.01. The van der Waals surface area contributed by atoms with Gasteiger partial charge in [0.1, 0.15) is 30.1 Å². The molecule has 0 saturated heterocycles. The second-order valence-electron chi connectivity index (χ2n) is 5.61. The Morgan fingerprint density at radius 2 is 1.88 bits per heavy atom. The molecule has 138 valence electrons. The highest BCUT2D eigenvalue weighted by molar-refractivity contribution is 5.55. The number of nitriles is 1. The summed E-state index contributed by atoms with van der Waals surface area (Å²) >= 11 is 0. The summed E-state index contributed by atoms with van der Waals surface area (Å²) in [5.41, 5.74) is 0.900. The van der Waals surface area contributed by atoms with Gasteiger partial charge in [0.25, 0.3) is 0 Å². The number of hydrogen-bond acceptors (Lipinski definition) is 6. The molecular weight excluding hydrogens is 349 g/mol. The third-order valence-electron chi connectivity index (χ3n) is 3.70. The number of anilines is 1. The number of aryl methyl sites for hydroxylation is 1. The van der Waals surface area contributed by atoms with E-state index in [1.165, 1.54) is 12.1 Å². The number of aliphatic hydroxyl groups excluding tert-OH is 1. The van der Waals surface area contributed by atoms with E-state index in [0.717, 1.165) is 12.1 Å². The summed E-state index contributed by atoms with van der Waals surface area (Å²) in [5, 5.41) is 29.8. The van der Waals surface area contributed by atoms with Crippen LogP contribution < -0.4 is 10.1 Å². The Balaban J connectivity index is 1.89. The lowest BCUT2D eigenvalue weighted by Gasteiger charge is -2.15. The van der Waals surface area contributed by atoms with Crippen molar-refractivity contribution in [2.45, 2.75) is 26.1 Å². The molecule has 26 heavy (non-hydrogen) atoms. The highest BCUT2D eigenvalue weighted by atomic mass is 19.4. The SMILES string of the molecule is Cc1nnc(NCC(O)COc2ccc(C(F)(F)F)cc2)c(C#N)c1C. The fourth-order valence-corrected chi connectivity index (χ4v) is 2.08. The predicted molar refractivity (Wildman–Crippen MR) is 87.7 cm³/mol. The molecule has 2 aromatic rings. The van der Waals surface area contributed by atoms with Crippen molar-refractivity contribution in [3.8, 4) is 11.8 Å². The average Bonchev–Trinajstić information content (AvgIpc) is 2.60. The molecule has 1 aromatic heterocycles. The van der Waals surface area contributed by atoms with Gasteiger partial charge in [0.05, 0.1) is 11.3 Å². The Morgan fingerprint density at radius 3 is 2.46 bits per heavy atom. The minimum absolute atomic E-state index is 0.0342. The molecule has 1 atom stereocenters. The van der Waals surface area contributed by atoms with Gasteiger partial charge in [-0.05, 0) is 43.7 Å². The van der Waals surface area contributed by atoms with Crippen LogP contribution in [0, 0.1) is 25.2 Å². The number of alkyl halides is 3. The van der Waals surface area contributed by atoms with Crippen LogP contribution in [0.2, 0.25) is 0 Å². The Hall–Kier alpha value is -2.86. The van der Waals surface area contributed by atoms with E-state index >= 15 is 0 Å². The van der Waals surface area contributed by atoms with Gasteiger partial charge >= 0.3 is 6.18 Å². The number of nitrogens with one attached hydrogen (secondary N) is 1. The molecule has 1 unspecified atom stereocenters. The van der Waals surface area contributed by atoms with Gasteiger partial charge in [-0.2, -0.15) is 23.5 Å². The summed E-state index contributed by atoms with van der Waals surface area (Å²) in [6.07, 6.45) is -5.37. The lowest BCUT2D eigenvalue weighted by Crippen LogP contribution is -2.27. The van der Waals surface area contributed by atoms with Crippen molar-refractivity contribution in [2.75, 3.05) is 18.5 Å². The van der Waals surface area contributed by atoms with E-state index in [9.17, 15) is 23.5 Å². The molecule has 9 heteroatoms. The van der Waals surface area contributed by atoms with Crippen molar-refractivity contribution in [3.05, 3.63) is 46.6 Å². The van der Waals surface area contributed by atoms with Crippen LogP contribution in [0.1, 0.15) is 22.4 Å². The summed E-state index contributed by atoms with van der Waals surface area (Å²) in [4.78, 5) is 0. The van der Waals surface area contributed by atoms with E-state index in [2.05, 4.69) is 15.5 Å². The predicted octanol–water partition coefficient (Wildman–Crippen LogP) is 2.84. The van der Waals surface area contributed by atoms with E-state index in [0.29, 0.717) is 16.8 Å². The lowest BCUT2D eigenvalue weighted by molar-refractivity contribution is -0.137. The molecule has 2 N–H and O–H groups in total. The van der Waals surface area contributed by atoms with Crippen LogP contribution in [0.15, 0.2) is 24.3 Å². The van der Waals surface area contributed by atoms with E-state index in [-0.39, 0.29) is 24.7 Å². The molecule has 1 aromatic carbocycles. The van der Waals surface area contributed by atoms with Gasteiger partial charge in [-0.1, -0.05) is 0 Å². The van der Waals surface area contributed by atoms with Gasteiger partial charge < -0.3 is 15.2 Å². The Labute approximate surface area is 148 Å². The smallest absolute Gasteiger partial charge is 0.416 e. The highest BCUT2D eigenvalue weighted by Crippen LogP contribution is 2.30. The fraction of sp³-hybridized carbons (Fsp3) is 0.353. The highest BCUT2D eigenvalue weighted by Gasteiger charge is 2.30. The molecule has 0 saturated carbocycles. The molecule has 0 aliphatic rings. The number of aliphatic hydroxyl groups is 1.